The Bertz CT molecular complexity index is 1060. The number of urea groups is 1. The summed E-state index contributed by atoms with van der Waals surface area (Å²) in [5, 5.41) is 2.92. The van der Waals surface area contributed by atoms with Gasteiger partial charge in [0.25, 0.3) is 0 Å². The monoisotopic (exact) mass is 473 g/mol. The van der Waals surface area contributed by atoms with Crippen LogP contribution in [-0.2, 0) is 17.8 Å². The maximum absolute atomic E-state index is 13.3. The number of carbonyl (C=O) groups is 2. The third-order valence-electron chi connectivity index (χ3n) is 5.81. The number of para-hydroxylation sites is 2. The Kier molecular flexibility index (Phi) is 10.2. The highest BCUT2D eigenvalue weighted by atomic mass is 16.5. The lowest BCUT2D eigenvalue weighted by molar-refractivity contribution is -0.132. The third-order valence-corrected chi connectivity index (χ3v) is 5.81. The zero-order chi connectivity index (χ0) is 24.9. The lowest BCUT2D eigenvalue weighted by Crippen LogP contribution is -2.40. The molecule has 0 saturated carbocycles. The number of amides is 3. The molecule has 1 N–H and O–H groups in total. The summed E-state index contributed by atoms with van der Waals surface area (Å²) >= 11 is 0. The fourth-order valence-corrected chi connectivity index (χ4v) is 3.92. The second-order valence-corrected chi connectivity index (χ2v) is 8.40. The Morgan fingerprint density at radius 1 is 0.771 bits per heavy atom. The Morgan fingerprint density at radius 2 is 1.40 bits per heavy atom. The minimum absolute atomic E-state index is 0.0379. The molecule has 35 heavy (non-hydrogen) atoms. The van der Waals surface area contributed by atoms with Crippen LogP contribution in [0, 0.1) is 0 Å². The van der Waals surface area contributed by atoms with Gasteiger partial charge in [-0.1, -0.05) is 79.7 Å². The first-order chi connectivity index (χ1) is 17.1. The normalized spacial score (nSPS) is 10.5. The van der Waals surface area contributed by atoms with E-state index in [1.54, 1.807) is 24.1 Å². The topological polar surface area (TPSA) is 61.9 Å². The minimum atomic E-state index is -0.233. The van der Waals surface area contributed by atoms with Crippen LogP contribution in [0.1, 0.15) is 30.9 Å². The smallest absolute Gasteiger partial charge is 0.321 e. The van der Waals surface area contributed by atoms with E-state index in [0.717, 1.165) is 18.4 Å². The van der Waals surface area contributed by atoms with Crippen LogP contribution in [0.15, 0.2) is 84.9 Å². The minimum Gasteiger partial charge on any atom is -0.495 e. The van der Waals surface area contributed by atoms with Gasteiger partial charge in [-0.25, -0.2) is 4.79 Å². The van der Waals surface area contributed by atoms with E-state index < -0.39 is 0 Å². The molecule has 3 aromatic carbocycles. The molecule has 0 fully saturated rings. The second-order valence-electron chi connectivity index (χ2n) is 8.40. The van der Waals surface area contributed by atoms with Crippen LogP contribution in [0.3, 0.4) is 0 Å². The van der Waals surface area contributed by atoms with E-state index in [9.17, 15) is 9.59 Å². The molecule has 0 radical (unpaired) electrons. The van der Waals surface area contributed by atoms with Crippen molar-refractivity contribution in [3.8, 4) is 5.75 Å². The van der Waals surface area contributed by atoms with Crippen molar-refractivity contribution in [1.29, 1.82) is 0 Å². The van der Waals surface area contributed by atoms with Gasteiger partial charge < -0.3 is 19.9 Å². The highest BCUT2D eigenvalue weighted by Crippen LogP contribution is 2.23. The SMILES string of the molecule is CCCN(CCC(=O)N(CCc1ccccc1)Cc1ccccc1)C(=O)Nc1ccccc1OC. The van der Waals surface area contributed by atoms with E-state index in [0.29, 0.717) is 37.6 Å². The standard InChI is InChI=1S/C29H35N3O3/c1-3-20-31(29(34)30-26-16-10-11-17-27(26)35-2)22-19-28(33)32(23-25-14-8-5-9-15-25)21-18-24-12-6-4-7-13-24/h4-17H,3,18-23H2,1-2H3,(H,30,34). The molecule has 0 aromatic heterocycles. The fraction of sp³-hybridized carbons (Fsp3) is 0.310. The number of nitrogens with one attached hydrogen (secondary N) is 1. The first kappa shape index (κ1) is 25.8. The lowest BCUT2D eigenvalue weighted by Gasteiger charge is -2.26. The van der Waals surface area contributed by atoms with Crippen LogP contribution in [0.2, 0.25) is 0 Å². The number of rotatable bonds is 12. The quantitative estimate of drug-likeness (QED) is 0.372. The molecule has 0 spiro atoms. The molecule has 0 heterocycles. The van der Waals surface area contributed by atoms with Gasteiger partial charge in [-0.3, -0.25) is 4.79 Å². The summed E-state index contributed by atoms with van der Waals surface area (Å²) in [4.78, 5) is 29.9. The van der Waals surface area contributed by atoms with Gasteiger partial charge in [0.05, 0.1) is 12.8 Å². The highest BCUT2D eigenvalue weighted by Gasteiger charge is 2.19. The van der Waals surface area contributed by atoms with Gasteiger partial charge >= 0.3 is 6.03 Å². The van der Waals surface area contributed by atoms with E-state index in [2.05, 4.69) is 17.4 Å². The molecule has 0 unspecified atom stereocenters. The zero-order valence-corrected chi connectivity index (χ0v) is 20.7. The first-order valence-corrected chi connectivity index (χ1v) is 12.1. The van der Waals surface area contributed by atoms with Crippen LogP contribution in [0.5, 0.6) is 5.75 Å². The fourth-order valence-electron chi connectivity index (χ4n) is 3.92. The summed E-state index contributed by atoms with van der Waals surface area (Å²) < 4.78 is 5.34. The predicted octanol–water partition coefficient (Wildman–Crippen LogP) is 5.60. The Balaban J connectivity index is 1.64. The van der Waals surface area contributed by atoms with Crippen molar-refractivity contribution in [1.82, 2.24) is 9.80 Å². The Morgan fingerprint density at radius 3 is 2.06 bits per heavy atom. The molecule has 3 rings (SSSR count). The number of ether oxygens (including phenoxy) is 1. The van der Waals surface area contributed by atoms with Crippen LogP contribution >= 0.6 is 0 Å². The molecule has 184 valence electrons. The number of anilines is 1. The van der Waals surface area contributed by atoms with Gasteiger partial charge in [0, 0.05) is 32.6 Å². The number of nitrogens with zero attached hydrogens (tertiary/aromatic N) is 2. The first-order valence-electron chi connectivity index (χ1n) is 12.1. The van der Waals surface area contributed by atoms with Gasteiger partial charge in [0.2, 0.25) is 5.91 Å². The van der Waals surface area contributed by atoms with Crippen molar-refractivity contribution in [3.63, 3.8) is 0 Å². The van der Waals surface area contributed by atoms with E-state index in [1.807, 2.05) is 72.5 Å². The largest absolute Gasteiger partial charge is 0.495 e. The maximum Gasteiger partial charge on any atom is 0.321 e. The molecule has 0 bridgehead atoms. The van der Waals surface area contributed by atoms with Crippen molar-refractivity contribution in [2.75, 3.05) is 32.1 Å². The van der Waals surface area contributed by atoms with E-state index in [4.69, 9.17) is 4.74 Å². The van der Waals surface area contributed by atoms with Crippen molar-refractivity contribution in [3.05, 3.63) is 96.1 Å². The molecule has 0 aliphatic heterocycles. The molecular formula is C29H35N3O3. The van der Waals surface area contributed by atoms with Crippen molar-refractivity contribution in [2.45, 2.75) is 32.7 Å². The van der Waals surface area contributed by atoms with E-state index in [-0.39, 0.29) is 18.4 Å². The average molecular weight is 474 g/mol. The Labute approximate surface area is 208 Å². The molecule has 6 nitrogen and oxygen atoms in total. The van der Waals surface area contributed by atoms with E-state index >= 15 is 0 Å². The molecular weight excluding hydrogens is 438 g/mol. The van der Waals surface area contributed by atoms with Crippen molar-refractivity contribution < 1.29 is 14.3 Å². The van der Waals surface area contributed by atoms with E-state index in [1.165, 1.54) is 5.56 Å². The third kappa shape index (κ3) is 8.18. The maximum atomic E-state index is 13.3. The second kappa shape index (κ2) is 13.8. The predicted molar refractivity (Wildman–Crippen MR) is 140 cm³/mol. The van der Waals surface area contributed by atoms with Crippen LogP contribution < -0.4 is 10.1 Å². The van der Waals surface area contributed by atoms with Gasteiger partial charge in [0.1, 0.15) is 5.75 Å². The van der Waals surface area contributed by atoms with Crippen LogP contribution in [-0.4, -0.2) is 48.5 Å². The summed E-state index contributed by atoms with van der Waals surface area (Å²) in [5.41, 5.74) is 2.90. The summed E-state index contributed by atoms with van der Waals surface area (Å²) in [6.45, 7) is 4.11. The summed E-state index contributed by atoms with van der Waals surface area (Å²) in [5.74, 6) is 0.638. The van der Waals surface area contributed by atoms with Crippen LogP contribution in [0.4, 0.5) is 10.5 Å². The summed E-state index contributed by atoms with van der Waals surface area (Å²) in [6.07, 6.45) is 1.85. The molecule has 0 atom stereocenters. The average Bonchev–Trinajstić information content (AvgIpc) is 2.90. The molecule has 0 aliphatic rings. The number of methoxy groups -OCH3 is 1. The zero-order valence-electron chi connectivity index (χ0n) is 20.7. The summed E-state index contributed by atoms with van der Waals surface area (Å²) in [7, 11) is 1.57. The van der Waals surface area contributed by atoms with Crippen molar-refractivity contribution in [2.24, 2.45) is 0 Å². The number of hydrogen-bond acceptors (Lipinski definition) is 3. The molecule has 3 aromatic rings. The molecule has 0 aliphatic carbocycles. The Hall–Kier alpha value is -3.80. The van der Waals surface area contributed by atoms with Crippen LogP contribution in [0.25, 0.3) is 0 Å². The lowest BCUT2D eigenvalue weighted by atomic mass is 10.1. The highest BCUT2D eigenvalue weighted by molar-refractivity contribution is 5.91. The summed E-state index contributed by atoms with van der Waals surface area (Å²) in [6, 6.07) is 27.3. The number of benzene rings is 3. The van der Waals surface area contributed by atoms with Gasteiger partial charge in [-0.2, -0.15) is 0 Å². The van der Waals surface area contributed by atoms with Gasteiger partial charge in [0.15, 0.2) is 0 Å². The van der Waals surface area contributed by atoms with Crippen molar-refractivity contribution >= 4 is 17.6 Å². The molecule has 0 saturated heterocycles. The molecule has 3 amide bonds. The van der Waals surface area contributed by atoms with Gasteiger partial charge in [-0.05, 0) is 36.1 Å². The van der Waals surface area contributed by atoms with Gasteiger partial charge in [-0.15, -0.1) is 0 Å². The molecule has 6 heteroatoms. The number of hydrogen-bond donors (Lipinski definition) is 1. The number of carbonyl (C=O) groups excluding carboxylic acids is 2.